The average molecular weight is 694 g/mol. The van der Waals surface area contributed by atoms with E-state index < -0.39 is 100 Å². The molecule has 2 aromatic carbocycles. The fourth-order valence-corrected chi connectivity index (χ4v) is 12.7. The molecule has 0 radical (unpaired) electrons. The molecule has 1 saturated heterocycles. The van der Waals surface area contributed by atoms with Crippen LogP contribution >= 0.6 is 0 Å². The molecule has 3 N–H and O–H groups in total. The first kappa shape index (κ1) is 34.2. The van der Waals surface area contributed by atoms with Gasteiger partial charge in [0.2, 0.25) is 0 Å². The summed E-state index contributed by atoms with van der Waals surface area (Å²) in [6.45, 7) is 0.668. The molecule has 12 nitrogen and oxygen atoms in total. The Morgan fingerprint density at radius 1 is 0.860 bits per heavy atom. The van der Waals surface area contributed by atoms with Crippen LogP contribution in [0.15, 0.2) is 60.7 Å². The number of hydrogen-bond acceptors (Lipinski definition) is 12. The van der Waals surface area contributed by atoms with Crippen molar-refractivity contribution >= 4 is 11.9 Å². The minimum Gasteiger partial charge on any atom is -0.455 e. The van der Waals surface area contributed by atoms with Crippen LogP contribution in [0.2, 0.25) is 0 Å². The van der Waals surface area contributed by atoms with Gasteiger partial charge in [0, 0.05) is 76.0 Å². The largest absolute Gasteiger partial charge is 0.455 e. The highest BCUT2D eigenvalue weighted by atomic mass is 16.6. The molecular weight excluding hydrogens is 646 g/mol. The Balaban J connectivity index is 1.41. The standard InChI is InChI=1S/C38H47NO11/c1-39-18-35(19-45-2)23(40)16-24(46-3)37-22-17-36(44)31(49-33(42)20-12-8-6-9-13-20)25(22)38(30(41)32(36)48-5,26(29(37)39)27(47-4)28(35)37)50-34(43)21-14-10-7-11-15-21/h6-15,22-32,40-41,44H,16-19H2,1-5H3/t22-,23-,24+,25-,26+,27+,28-,29-,30+,31-,32+,35+,36-,37+,38-/m1/s1. The SMILES string of the molecule is COC[C@]12CN(C)[C@@H]3[C@@H]4[C@H](OC)[C@H]1[C@@]3([C@@H](OC)C[C@H]2O)[C@@H]1C[C@@]2(O)[C@H](OC(=O)c3ccccc3)[C@@H]1[C@]4(OC(=O)c1ccccc1)[C@@H](O)[C@@H]2OC. The molecule has 0 amide bonds. The summed E-state index contributed by atoms with van der Waals surface area (Å²) in [5, 5.41) is 37.8. The number of nitrogens with zero attached hydrogens (tertiary/aromatic N) is 1. The summed E-state index contributed by atoms with van der Waals surface area (Å²) >= 11 is 0. The van der Waals surface area contributed by atoms with Crippen LogP contribution in [0.1, 0.15) is 33.6 Å². The number of aliphatic hydroxyl groups excluding tert-OH is 2. The van der Waals surface area contributed by atoms with E-state index in [9.17, 15) is 24.9 Å². The molecule has 1 spiro atoms. The van der Waals surface area contributed by atoms with E-state index in [0.29, 0.717) is 18.5 Å². The van der Waals surface area contributed by atoms with Gasteiger partial charge >= 0.3 is 11.9 Å². The first-order chi connectivity index (χ1) is 24.0. The van der Waals surface area contributed by atoms with Gasteiger partial charge in [-0.1, -0.05) is 36.4 Å². The zero-order valence-corrected chi connectivity index (χ0v) is 29.0. The zero-order chi connectivity index (χ0) is 35.4. The molecule has 0 aromatic heterocycles. The number of benzene rings is 2. The first-order valence-corrected chi connectivity index (χ1v) is 17.4. The molecule has 270 valence electrons. The highest BCUT2D eigenvalue weighted by Gasteiger charge is 2.92. The number of fused-ring (bicyclic) bond motifs is 2. The summed E-state index contributed by atoms with van der Waals surface area (Å²) in [7, 11) is 8.23. The third-order valence-electron chi connectivity index (χ3n) is 13.8. The van der Waals surface area contributed by atoms with Gasteiger partial charge in [-0.2, -0.15) is 0 Å². The highest BCUT2D eigenvalue weighted by Crippen LogP contribution is 2.80. The smallest absolute Gasteiger partial charge is 0.338 e. The molecule has 6 fully saturated rings. The number of methoxy groups -OCH3 is 4. The number of hydrogen-bond donors (Lipinski definition) is 3. The molecule has 6 aliphatic rings. The molecule has 7 bridgehead atoms. The molecule has 1 aliphatic heterocycles. The second-order valence-electron chi connectivity index (χ2n) is 15.4. The van der Waals surface area contributed by atoms with E-state index in [2.05, 4.69) is 4.90 Å². The van der Waals surface area contributed by atoms with E-state index in [-0.39, 0.29) is 18.6 Å². The monoisotopic (exact) mass is 693 g/mol. The maximum Gasteiger partial charge on any atom is 0.338 e. The van der Waals surface area contributed by atoms with Crippen LogP contribution in [0.5, 0.6) is 0 Å². The van der Waals surface area contributed by atoms with Gasteiger partial charge in [0.25, 0.3) is 0 Å². The van der Waals surface area contributed by atoms with Crippen LogP contribution < -0.4 is 0 Å². The molecular formula is C38H47NO11. The van der Waals surface area contributed by atoms with E-state index in [1.807, 2.05) is 7.05 Å². The normalized spacial score (nSPS) is 46.8. The number of aliphatic hydroxyl groups is 3. The predicted octanol–water partition coefficient (Wildman–Crippen LogP) is 1.55. The van der Waals surface area contributed by atoms with Crippen molar-refractivity contribution in [3.05, 3.63) is 71.8 Å². The van der Waals surface area contributed by atoms with Crippen molar-refractivity contribution in [1.29, 1.82) is 0 Å². The Hall–Kier alpha value is -2.94. The number of carbonyl (C=O) groups is 2. The minimum atomic E-state index is -1.87. The second-order valence-corrected chi connectivity index (χ2v) is 15.4. The molecule has 5 saturated carbocycles. The van der Waals surface area contributed by atoms with E-state index in [1.165, 1.54) is 7.11 Å². The summed E-state index contributed by atoms with van der Waals surface area (Å²) in [4.78, 5) is 30.5. The van der Waals surface area contributed by atoms with Gasteiger partial charge in [-0.3, -0.25) is 0 Å². The minimum absolute atomic E-state index is 0.0492. The highest BCUT2D eigenvalue weighted by molar-refractivity contribution is 5.90. The number of rotatable bonds is 9. The molecule has 8 rings (SSSR count). The van der Waals surface area contributed by atoms with Gasteiger partial charge < -0.3 is 48.6 Å². The van der Waals surface area contributed by atoms with Gasteiger partial charge in [-0.25, -0.2) is 9.59 Å². The summed E-state index contributed by atoms with van der Waals surface area (Å²) < 4.78 is 38.0. The third kappa shape index (κ3) is 3.99. The molecule has 15 atom stereocenters. The molecule has 5 aliphatic carbocycles. The predicted molar refractivity (Wildman–Crippen MR) is 176 cm³/mol. The Kier molecular flexibility index (Phi) is 8.06. The fraction of sp³-hybridized carbons (Fsp3) is 0.632. The topological polar surface area (TPSA) is 153 Å². The van der Waals surface area contributed by atoms with Gasteiger partial charge in [0.05, 0.1) is 36.0 Å². The van der Waals surface area contributed by atoms with Crippen molar-refractivity contribution in [3.8, 4) is 0 Å². The van der Waals surface area contributed by atoms with Crippen LogP contribution in [0.4, 0.5) is 0 Å². The lowest BCUT2D eigenvalue weighted by Gasteiger charge is -2.70. The van der Waals surface area contributed by atoms with E-state index in [4.69, 9.17) is 28.4 Å². The third-order valence-corrected chi connectivity index (χ3v) is 13.8. The summed E-state index contributed by atoms with van der Waals surface area (Å²) in [6.07, 6.45) is -5.80. The molecule has 2 aromatic rings. The van der Waals surface area contributed by atoms with E-state index in [1.54, 1.807) is 82.0 Å². The van der Waals surface area contributed by atoms with Gasteiger partial charge in [0.15, 0.2) is 5.60 Å². The second kappa shape index (κ2) is 11.8. The van der Waals surface area contributed by atoms with Crippen LogP contribution in [0.3, 0.4) is 0 Å². The number of esters is 2. The average Bonchev–Trinajstić information content (AvgIpc) is 3.51. The molecule has 50 heavy (non-hydrogen) atoms. The van der Waals surface area contributed by atoms with Gasteiger partial charge in [-0.05, 0) is 43.7 Å². The van der Waals surface area contributed by atoms with Crippen molar-refractivity contribution in [1.82, 2.24) is 4.90 Å². The van der Waals surface area contributed by atoms with Crippen LogP contribution in [0, 0.1) is 34.5 Å². The van der Waals surface area contributed by atoms with Gasteiger partial charge in [0.1, 0.15) is 23.9 Å². The van der Waals surface area contributed by atoms with Crippen molar-refractivity contribution in [3.63, 3.8) is 0 Å². The van der Waals surface area contributed by atoms with E-state index >= 15 is 0 Å². The lowest BCUT2D eigenvalue weighted by Crippen LogP contribution is -2.81. The zero-order valence-electron chi connectivity index (χ0n) is 29.0. The van der Waals surface area contributed by atoms with Crippen molar-refractivity contribution < 1.29 is 53.3 Å². The van der Waals surface area contributed by atoms with Crippen molar-refractivity contribution in [2.45, 2.75) is 66.7 Å². The maximum absolute atomic E-state index is 14.4. The van der Waals surface area contributed by atoms with Crippen molar-refractivity contribution in [2.24, 2.45) is 34.5 Å². The summed E-state index contributed by atoms with van der Waals surface area (Å²) in [5.74, 6) is -3.93. The Morgan fingerprint density at radius 3 is 2.08 bits per heavy atom. The van der Waals surface area contributed by atoms with Crippen LogP contribution in [-0.4, -0.2) is 135 Å². The quantitative estimate of drug-likeness (QED) is 0.327. The Morgan fingerprint density at radius 2 is 1.50 bits per heavy atom. The van der Waals surface area contributed by atoms with Crippen LogP contribution in [-0.2, 0) is 28.4 Å². The van der Waals surface area contributed by atoms with Gasteiger partial charge in [-0.15, -0.1) is 0 Å². The Bertz CT molecular complexity index is 1630. The number of likely N-dealkylation sites (tertiary alicyclic amines) is 1. The Labute approximate surface area is 291 Å². The van der Waals surface area contributed by atoms with E-state index in [0.717, 1.165) is 0 Å². The summed E-state index contributed by atoms with van der Waals surface area (Å²) in [5.41, 5.74) is -4.74. The van der Waals surface area contributed by atoms with Crippen LogP contribution in [0.25, 0.3) is 0 Å². The molecule has 0 unspecified atom stereocenters. The summed E-state index contributed by atoms with van der Waals surface area (Å²) in [6, 6.07) is 16.7. The molecule has 12 heteroatoms. The lowest BCUT2D eigenvalue weighted by atomic mass is 9.42. The molecule has 1 heterocycles. The first-order valence-electron chi connectivity index (χ1n) is 17.4. The lowest BCUT2D eigenvalue weighted by molar-refractivity contribution is -0.317. The fourth-order valence-electron chi connectivity index (χ4n) is 12.7. The number of ether oxygens (including phenoxy) is 6. The maximum atomic E-state index is 14.4. The number of piperidine rings is 1. The number of carbonyl (C=O) groups excluding carboxylic acids is 2. The van der Waals surface area contributed by atoms with Crippen molar-refractivity contribution in [2.75, 3.05) is 48.6 Å².